The van der Waals surface area contributed by atoms with Gasteiger partial charge in [0.1, 0.15) is 0 Å². The fourth-order valence-electron chi connectivity index (χ4n) is 1.28. The third-order valence-corrected chi connectivity index (χ3v) is 9.86. The Morgan fingerprint density at radius 1 is 0.929 bits per heavy atom. The van der Waals surface area contributed by atoms with Crippen LogP contribution >= 0.6 is 20.8 Å². The van der Waals surface area contributed by atoms with Crippen LogP contribution in [-0.2, 0) is 0 Å². The zero-order chi connectivity index (χ0) is 10.7. The molecule has 0 atom stereocenters. The van der Waals surface area contributed by atoms with Gasteiger partial charge in [-0.2, -0.15) is 0 Å². The summed E-state index contributed by atoms with van der Waals surface area (Å²) in [5.41, 5.74) is 0. The van der Waals surface area contributed by atoms with Crippen molar-refractivity contribution in [2.45, 2.75) is 0 Å². The van der Waals surface area contributed by atoms with Gasteiger partial charge < -0.3 is 0 Å². The number of halogens is 1. The summed E-state index contributed by atoms with van der Waals surface area (Å²) in [7, 11) is 0. The maximum atomic E-state index is 3.89. The van der Waals surface area contributed by atoms with Crippen molar-refractivity contribution < 1.29 is 0 Å². The molecular weight excluding hydrogens is 255 g/mol. The Morgan fingerprint density at radius 2 is 1.36 bits per heavy atom. The Bertz CT molecular complexity index is 343. The van der Waals surface area contributed by atoms with E-state index in [-0.39, 0.29) is 0 Å². The molecule has 0 amide bonds. The predicted molar refractivity (Wildman–Crippen MR) is 72.5 cm³/mol. The van der Waals surface area contributed by atoms with E-state index in [9.17, 15) is 0 Å². The molecular formula is C12H14BrP. The van der Waals surface area contributed by atoms with Gasteiger partial charge >= 0.3 is 93.6 Å². The van der Waals surface area contributed by atoms with Gasteiger partial charge in [0.15, 0.2) is 0 Å². The molecule has 0 N–H and O–H groups in total. The van der Waals surface area contributed by atoms with E-state index in [0.29, 0.717) is 0 Å². The van der Waals surface area contributed by atoms with Crippen LogP contribution in [0.5, 0.6) is 0 Å². The minimum absolute atomic E-state index is 1.18. The summed E-state index contributed by atoms with van der Waals surface area (Å²) in [5, 5.41) is -1.29. The first-order chi connectivity index (χ1) is 6.59. The molecule has 0 aromatic heterocycles. The van der Waals surface area contributed by atoms with E-state index in [1.54, 1.807) is 0 Å². The summed E-state index contributed by atoms with van der Waals surface area (Å²) in [5.74, 6) is 5.75. The average Bonchev–Trinajstić information content (AvgIpc) is 2.30. The molecule has 1 aromatic carbocycles. The van der Waals surface area contributed by atoms with Crippen LogP contribution < -0.4 is 5.30 Å². The van der Waals surface area contributed by atoms with Crippen molar-refractivity contribution in [2.24, 2.45) is 0 Å². The number of rotatable bonds is 4. The van der Waals surface area contributed by atoms with Gasteiger partial charge in [0.2, 0.25) is 0 Å². The average molecular weight is 269 g/mol. The van der Waals surface area contributed by atoms with Crippen molar-refractivity contribution >= 4 is 26.1 Å². The van der Waals surface area contributed by atoms with Gasteiger partial charge in [-0.1, -0.05) is 0 Å². The van der Waals surface area contributed by atoms with Crippen LogP contribution in [0.4, 0.5) is 0 Å². The summed E-state index contributed by atoms with van der Waals surface area (Å²) in [6, 6.07) is 10.1. The summed E-state index contributed by atoms with van der Waals surface area (Å²) in [6.07, 6.45) is 0. The van der Waals surface area contributed by atoms with Gasteiger partial charge in [-0.3, -0.25) is 0 Å². The Hall–Kier alpha value is -0.650. The van der Waals surface area contributed by atoms with E-state index >= 15 is 0 Å². The molecule has 0 fully saturated rings. The first-order valence-electron chi connectivity index (χ1n) is 4.30. The molecule has 14 heavy (non-hydrogen) atoms. The van der Waals surface area contributed by atoms with Gasteiger partial charge in [-0.05, 0) is 0 Å². The first kappa shape index (κ1) is 11.4. The van der Waals surface area contributed by atoms with Gasteiger partial charge in [-0.15, -0.1) is 0 Å². The van der Waals surface area contributed by atoms with Gasteiger partial charge in [0.25, 0.3) is 0 Å². The maximum absolute atomic E-state index is 3.89. The van der Waals surface area contributed by atoms with Gasteiger partial charge in [0.05, 0.1) is 0 Å². The topological polar surface area (TPSA) is 0 Å². The van der Waals surface area contributed by atoms with Crippen LogP contribution in [0.3, 0.4) is 0 Å². The van der Waals surface area contributed by atoms with E-state index in [4.69, 9.17) is 0 Å². The minimum atomic E-state index is -2.46. The molecule has 0 heterocycles. The summed E-state index contributed by atoms with van der Waals surface area (Å²) in [4.78, 5) is 0. The van der Waals surface area contributed by atoms with Crippen molar-refractivity contribution in [1.82, 2.24) is 0 Å². The molecule has 0 aliphatic rings. The molecule has 0 bridgehead atoms. The quantitative estimate of drug-likeness (QED) is 0.700. The molecule has 0 radical (unpaired) electrons. The van der Waals surface area contributed by atoms with Crippen molar-refractivity contribution in [1.29, 1.82) is 0 Å². The van der Waals surface area contributed by atoms with Crippen LogP contribution in [0.2, 0.25) is 0 Å². The van der Waals surface area contributed by atoms with E-state index in [1.807, 2.05) is 35.7 Å². The molecule has 0 saturated carbocycles. The fourth-order valence-corrected chi connectivity index (χ4v) is 3.87. The number of hydrogen-bond donors (Lipinski definition) is 0. The zero-order valence-corrected chi connectivity index (χ0v) is 10.5. The molecule has 0 aliphatic carbocycles. The van der Waals surface area contributed by atoms with Crippen molar-refractivity contribution in [3.05, 3.63) is 67.5 Å². The third kappa shape index (κ3) is 1.63. The Kier molecular flexibility index (Phi) is 3.14. The summed E-state index contributed by atoms with van der Waals surface area (Å²) in [6.45, 7) is 11.7. The van der Waals surface area contributed by atoms with Gasteiger partial charge in [0, 0.05) is 0 Å². The summed E-state index contributed by atoms with van der Waals surface area (Å²) < 4.78 is 0. The fraction of sp³-hybridized carbons (Fsp3) is 0. The van der Waals surface area contributed by atoms with Crippen LogP contribution in [-0.4, -0.2) is 0 Å². The normalized spacial score (nSPS) is 13.6. The van der Waals surface area contributed by atoms with Gasteiger partial charge in [-0.25, -0.2) is 0 Å². The van der Waals surface area contributed by atoms with E-state index in [2.05, 4.69) is 47.4 Å². The zero-order valence-electron chi connectivity index (χ0n) is 8.07. The molecule has 0 saturated heterocycles. The number of hydrogen-bond acceptors (Lipinski definition) is 0. The number of benzene rings is 1. The van der Waals surface area contributed by atoms with Crippen molar-refractivity contribution in [3.63, 3.8) is 0 Å². The van der Waals surface area contributed by atoms with Crippen LogP contribution in [0, 0.1) is 0 Å². The standard InChI is InChI=1S/C12H14BrP/c1-4-14(13,5-2,6-3)12-10-8-7-9-11-12/h4-11H,1-3H2. The van der Waals surface area contributed by atoms with Crippen molar-refractivity contribution in [2.75, 3.05) is 0 Å². The second-order valence-corrected chi connectivity index (χ2v) is 11.9. The second kappa shape index (κ2) is 3.84. The molecule has 74 valence electrons. The van der Waals surface area contributed by atoms with Crippen LogP contribution in [0.25, 0.3) is 0 Å². The first-order valence-corrected chi connectivity index (χ1v) is 8.76. The van der Waals surface area contributed by atoms with Crippen LogP contribution in [0.1, 0.15) is 0 Å². The van der Waals surface area contributed by atoms with E-state index in [0.717, 1.165) is 0 Å². The van der Waals surface area contributed by atoms with E-state index in [1.165, 1.54) is 5.30 Å². The second-order valence-electron chi connectivity index (χ2n) is 3.10. The SMILES string of the molecule is C=CP(Br)(C=C)(C=C)c1ccccc1. The predicted octanol–water partition coefficient (Wildman–Crippen LogP) is 4.61. The Morgan fingerprint density at radius 3 is 1.71 bits per heavy atom. The molecule has 0 unspecified atom stereocenters. The molecule has 0 aliphatic heterocycles. The molecule has 2 heteroatoms. The monoisotopic (exact) mass is 268 g/mol. The molecule has 0 spiro atoms. The van der Waals surface area contributed by atoms with Crippen LogP contribution in [0.15, 0.2) is 67.5 Å². The van der Waals surface area contributed by atoms with Crippen molar-refractivity contribution in [3.8, 4) is 0 Å². The summed E-state index contributed by atoms with van der Waals surface area (Å²) >= 11 is 3.77. The molecule has 1 aromatic rings. The molecule has 1 rings (SSSR count). The Balaban J connectivity index is 3.48. The molecule has 0 nitrogen and oxygen atoms in total. The van der Waals surface area contributed by atoms with E-state index < -0.39 is 5.31 Å². The Labute approximate surface area is 93.7 Å². The third-order valence-electron chi connectivity index (χ3n) is 2.41.